The summed E-state index contributed by atoms with van der Waals surface area (Å²) >= 11 is 0. The normalized spacial score (nSPS) is 37.1. The predicted octanol–water partition coefficient (Wildman–Crippen LogP) is 5.24. The van der Waals surface area contributed by atoms with E-state index in [2.05, 4.69) is 27.7 Å². The Hall–Kier alpha value is 0.0200. The summed E-state index contributed by atoms with van der Waals surface area (Å²) in [6.45, 7) is 10.7. The van der Waals surface area contributed by atoms with Crippen LogP contribution in [-0.2, 0) is 36.7 Å². The van der Waals surface area contributed by atoms with Gasteiger partial charge in [0, 0.05) is 5.41 Å². The van der Waals surface area contributed by atoms with Crippen LogP contribution in [0.1, 0.15) is 91.9 Å². The molecule has 0 aromatic carbocycles. The van der Waals surface area contributed by atoms with Crippen LogP contribution < -0.4 is 9.79 Å². The zero-order valence-corrected chi connectivity index (χ0v) is 37.0. The Morgan fingerprint density at radius 2 is 1.31 bits per heavy atom. The molecule has 0 saturated heterocycles. The highest BCUT2D eigenvalue weighted by molar-refractivity contribution is 7.46. The largest absolute Gasteiger partial charge is 0.756 e. The lowest BCUT2D eigenvalue weighted by molar-refractivity contribution is -0.870. The van der Waals surface area contributed by atoms with Gasteiger partial charge in [0.2, 0.25) is 0 Å². The Morgan fingerprint density at radius 1 is 0.759 bits per heavy atom. The molecule has 13 nitrogen and oxygen atoms in total. The number of unbranched alkanes of at least 4 members (excludes halogenated alkanes) is 1. The summed E-state index contributed by atoms with van der Waals surface area (Å²) < 4.78 is 60.6. The van der Waals surface area contributed by atoms with Crippen LogP contribution in [0.4, 0.5) is 0 Å². The molecule has 4 saturated carbocycles. The van der Waals surface area contributed by atoms with Gasteiger partial charge in [-0.2, -0.15) is 0 Å². The zero-order valence-electron chi connectivity index (χ0n) is 35.2. The maximum absolute atomic E-state index is 12.6. The van der Waals surface area contributed by atoms with Crippen LogP contribution in [0.2, 0.25) is 0 Å². The fourth-order valence-corrected chi connectivity index (χ4v) is 12.2. The second kappa shape index (κ2) is 18.9. The van der Waals surface area contributed by atoms with E-state index in [-0.39, 0.29) is 86.5 Å². The van der Waals surface area contributed by atoms with Gasteiger partial charge in [-0.1, -0.05) is 47.0 Å². The average Bonchev–Trinajstić information content (AvgIpc) is 3.41. The van der Waals surface area contributed by atoms with E-state index in [1.165, 1.54) is 6.42 Å². The number of hydrogen-bond acceptors (Lipinski definition) is 11. The van der Waals surface area contributed by atoms with E-state index >= 15 is 0 Å². The SMILES string of the molecule is CCCC[C@@H](C)[C@H]1CC[C@H]2[C@@H]3[C@H](OCCOP(=O)([O-])OCC[N+](C)(C)C)C[C@@H]4C[C@H](O)CC[C@]4(C)[C@H]3C[C@H](OCCOP(=O)([O-])OCC[N+](C)(C)C)[C@]12C. The number of hydrogen-bond donors (Lipinski definition) is 1. The second-order valence-corrected chi connectivity index (χ2v) is 22.4. The average molecular weight is 811 g/mol. The standard InChI is InChI=1S/C39H76N2O11P2/c1-11-12-13-29(2)32-14-15-33-37-34(28-36(39(32,33)4)48-23-25-52-54(45,46)50-21-19-41(8,9)10)38(3)17-16-31(42)26-30(38)27-35(37)47-22-24-51-53(43,44)49-20-18-40(5,6)7/h29-37,42H,11-28H2,1-10H3/t29-,30+,31-,32-,33+,34+,35-,36+,37+,38+,39-/m1/s1. The van der Waals surface area contributed by atoms with Gasteiger partial charge in [0.15, 0.2) is 0 Å². The molecule has 0 amide bonds. The first-order valence-electron chi connectivity index (χ1n) is 20.7. The van der Waals surface area contributed by atoms with Crippen molar-refractivity contribution in [2.45, 2.75) is 110 Å². The Balaban J connectivity index is 1.53. The third-order valence-electron chi connectivity index (χ3n) is 13.8. The van der Waals surface area contributed by atoms with Gasteiger partial charge in [-0.15, -0.1) is 0 Å². The molecule has 0 radical (unpaired) electrons. The summed E-state index contributed by atoms with van der Waals surface area (Å²) in [5.41, 5.74) is -0.184. The number of phosphoric acid groups is 2. The second-order valence-electron chi connectivity index (χ2n) is 19.6. The minimum atomic E-state index is -4.47. The first-order chi connectivity index (χ1) is 25.0. The van der Waals surface area contributed by atoms with E-state index in [1.54, 1.807) is 0 Å². The molecule has 54 heavy (non-hydrogen) atoms. The minimum absolute atomic E-state index is 0.0140. The number of fused-ring (bicyclic) bond motifs is 5. The maximum Gasteiger partial charge on any atom is 0.268 e. The summed E-state index contributed by atoms with van der Waals surface area (Å²) in [6.07, 6.45) is 9.12. The topological polar surface area (TPSA) is 156 Å². The first kappa shape index (κ1) is 46.7. The van der Waals surface area contributed by atoms with E-state index < -0.39 is 15.6 Å². The number of quaternary nitrogens is 2. The number of aliphatic hydroxyl groups excluding tert-OH is 1. The third-order valence-corrected chi connectivity index (χ3v) is 15.8. The molecule has 4 rings (SSSR count). The lowest BCUT2D eigenvalue weighted by atomic mass is 9.43. The fourth-order valence-electron chi connectivity index (χ4n) is 10.8. The van der Waals surface area contributed by atoms with Crippen molar-refractivity contribution in [1.29, 1.82) is 0 Å². The summed E-state index contributed by atoms with van der Waals surface area (Å²) in [5, 5.41) is 10.8. The highest BCUT2D eigenvalue weighted by atomic mass is 31.2. The number of nitrogens with zero attached hydrogens (tertiary/aromatic N) is 2. The number of aliphatic hydroxyl groups is 1. The Bertz CT molecular complexity index is 1280. The van der Waals surface area contributed by atoms with Gasteiger partial charge in [0.1, 0.15) is 26.3 Å². The van der Waals surface area contributed by atoms with E-state index in [9.17, 15) is 24.0 Å². The van der Waals surface area contributed by atoms with Crippen molar-refractivity contribution in [1.82, 2.24) is 0 Å². The molecule has 1 N–H and O–H groups in total. The molecule has 0 spiro atoms. The first-order valence-corrected chi connectivity index (χ1v) is 23.7. The molecule has 4 aliphatic rings. The van der Waals surface area contributed by atoms with Crippen molar-refractivity contribution in [2.24, 2.45) is 46.3 Å². The summed E-state index contributed by atoms with van der Waals surface area (Å²) in [7, 11) is 2.89. The highest BCUT2D eigenvalue weighted by Crippen LogP contribution is 2.69. The number of likely N-dealkylation sites (N-methyl/N-ethyl adjacent to an activating group) is 2. The summed E-state index contributed by atoms with van der Waals surface area (Å²) in [4.78, 5) is 25.1. The minimum Gasteiger partial charge on any atom is -0.756 e. The highest BCUT2D eigenvalue weighted by Gasteiger charge is 2.66. The van der Waals surface area contributed by atoms with Gasteiger partial charge < -0.3 is 51.4 Å². The van der Waals surface area contributed by atoms with Crippen molar-refractivity contribution in [3.63, 3.8) is 0 Å². The van der Waals surface area contributed by atoms with E-state index in [0.717, 1.165) is 57.8 Å². The third kappa shape index (κ3) is 12.3. The Morgan fingerprint density at radius 3 is 1.87 bits per heavy atom. The van der Waals surface area contributed by atoms with Crippen LogP contribution in [0.25, 0.3) is 0 Å². The van der Waals surface area contributed by atoms with E-state index in [1.807, 2.05) is 42.3 Å². The van der Waals surface area contributed by atoms with Crippen LogP contribution >= 0.6 is 15.6 Å². The van der Waals surface area contributed by atoms with Crippen LogP contribution in [0.15, 0.2) is 0 Å². The molecule has 0 aliphatic heterocycles. The van der Waals surface area contributed by atoms with Crippen molar-refractivity contribution >= 4 is 15.6 Å². The fraction of sp³-hybridized carbons (Fsp3) is 1.00. The number of rotatable bonds is 22. The van der Waals surface area contributed by atoms with Gasteiger partial charge in [0.05, 0.1) is 87.0 Å². The van der Waals surface area contributed by atoms with Gasteiger partial charge in [-0.25, -0.2) is 0 Å². The van der Waals surface area contributed by atoms with Crippen LogP contribution in [-0.4, -0.2) is 127 Å². The van der Waals surface area contributed by atoms with Crippen LogP contribution in [0.5, 0.6) is 0 Å². The van der Waals surface area contributed by atoms with Crippen molar-refractivity contribution in [3.8, 4) is 0 Å². The number of ether oxygens (including phenoxy) is 2. The molecular formula is C39H76N2O11P2. The van der Waals surface area contributed by atoms with E-state index in [4.69, 9.17) is 27.6 Å². The molecule has 318 valence electrons. The molecule has 0 bridgehead atoms. The van der Waals surface area contributed by atoms with Crippen molar-refractivity contribution in [3.05, 3.63) is 0 Å². The van der Waals surface area contributed by atoms with Gasteiger partial charge in [0.25, 0.3) is 15.6 Å². The Labute approximate surface area is 327 Å². The lowest BCUT2D eigenvalue weighted by Gasteiger charge is -2.64. The molecule has 4 fully saturated rings. The molecule has 0 aromatic rings. The Kier molecular flexibility index (Phi) is 16.4. The van der Waals surface area contributed by atoms with Crippen LogP contribution in [0, 0.1) is 46.3 Å². The molecule has 4 aliphatic carbocycles. The summed E-state index contributed by atoms with van der Waals surface area (Å²) in [6, 6.07) is 0. The summed E-state index contributed by atoms with van der Waals surface area (Å²) in [5.74, 6) is 1.99. The molecule has 0 aromatic heterocycles. The molecule has 15 heteroatoms. The molecule has 13 atom stereocenters. The van der Waals surface area contributed by atoms with Gasteiger partial charge >= 0.3 is 0 Å². The molecule has 0 heterocycles. The predicted molar refractivity (Wildman–Crippen MR) is 205 cm³/mol. The van der Waals surface area contributed by atoms with E-state index in [0.29, 0.717) is 39.8 Å². The van der Waals surface area contributed by atoms with Gasteiger partial charge in [-0.3, -0.25) is 9.13 Å². The lowest BCUT2D eigenvalue weighted by Crippen LogP contribution is -2.63. The zero-order chi connectivity index (χ0) is 40.2. The number of phosphoric ester groups is 2. The molecular weight excluding hydrogens is 734 g/mol. The van der Waals surface area contributed by atoms with Gasteiger partial charge in [-0.05, 0) is 85.9 Å². The van der Waals surface area contributed by atoms with Crippen LogP contribution in [0.3, 0.4) is 0 Å². The molecule has 2 unspecified atom stereocenters. The van der Waals surface area contributed by atoms with Crippen molar-refractivity contribution < 1.29 is 60.6 Å². The van der Waals surface area contributed by atoms with Crippen molar-refractivity contribution in [2.75, 3.05) is 95.0 Å². The smallest absolute Gasteiger partial charge is 0.268 e. The monoisotopic (exact) mass is 810 g/mol. The quantitative estimate of drug-likeness (QED) is 0.0868. The maximum atomic E-state index is 12.6.